The van der Waals surface area contributed by atoms with Crippen LogP contribution in [-0.2, 0) is 0 Å². The number of methoxy groups -OCH3 is 1. The van der Waals surface area contributed by atoms with E-state index in [4.69, 9.17) is 9.72 Å². The summed E-state index contributed by atoms with van der Waals surface area (Å²) in [6.45, 7) is 2.32. The highest BCUT2D eigenvalue weighted by molar-refractivity contribution is 5.85. The normalized spacial score (nSPS) is 17.2. The van der Waals surface area contributed by atoms with Crippen molar-refractivity contribution < 1.29 is 4.74 Å². The Morgan fingerprint density at radius 3 is 2.45 bits per heavy atom. The number of aromatic nitrogens is 2. The average Bonchev–Trinajstić information content (AvgIpc) is 3.48. The van der Waals surface area contributed by atoms with E-state index in [-0.39, 0.29) is 0 Å². The van der Waals surface area contributed by atoms with Crippen molar-refractivity contribution in [1.29, 1.82) is 0 Å². The predicted octanol–water partition coefficient (Wildman–Crippen LogP) is 5.64. The molecule has 0 spiro atoms. The van der Waals surface area contributed by atoms with E-state index in [9.17, 15) is 0 Å². The van der Waals surface area contributed by atoms with Crippen LogP contribution in [0, 0.1) is 0 Å². The van der Waals surface area contributed by atoms with Crippen LogP contribution < -0.4 is 15.0 Å². The molecule has 1 aromatic heterocycles. The van der Waals surface area contributed by atoms with Gasteiger partial charge in [-0.25, -0.2) is 9.97 Å². The van der Waals surface area contributed by atoms with Crippen molar-refractivity contribution in [3.8, 4) is 5.75 Å². The molecule has 0 bridgehead atoms. The Kier molecular flexibility index (Phi) is 4.96. The molecular formula is C24H28N4O. The molecule has 29 heavy (non-hydrogen) atoms. The molecule has 0 atom stereocenters. The molecule has 5 heteroatoms. The van der Waals surface area contributed by atoms with E-state index in [0.717, 1.165) is 35.4 Å². The van der Waals surface area contributed by atoms with E-state index in [0.29, 0.717) is 11.9 Å². The van der Waals surface area contributed by atoms with E-state index >= 15 is 0 Å². The van der Waals surface area contributed by atoms with Crippen molar-refractivity contribution in [2.75, 3.05) is 30.4 Å². The first-order chi connectivity index (χ1) is 14.3. The zero-order chi connectivity index (χ0) is 19.6. The zero-order valence-electron chi connectivity index (χ0n) is 17.0. The van der Waals surface area contributed by atoms with Crippen LogP contribution in [0.25, 0.3) is 10.9 Å². The van der Waals surface area contributed by atoms with Crippen LogP contribution in [-0.4, -0.2) is 30.2 Å². The predicted molar refractivity (Wildman–Crippen MR) is 118 cm³/mol. The second kappa shape index (κ2) is 7.90. The monoisotopic (exact) mass is 388 g/mol. The molecule has 1 saturated carbocycles. The number of hydrogen-bond donors (Lipinski definition) is 1. The second-order valence-corrected chi connectivity index (χ2v) is 8.16. The molecule has 2 heterocycles. The highest BCUT2D eigenvalue weighted by atomic mass is 16.5. The van der Waals surface area contributed by atoms with Crippen LogP contribution in [0.2, 0.25) is 0 Å². The number of nitrogens with zero attached hydrogens (tertiary/aromatic N) is 3. The van der Waals surface area contributed by atoms with Gasteiger partial charge in [-0.2, -0.15) is 0 Å². The minimum atomic E-state index is 0.524. The molecule has 0 amide bonds. The maximum Gasteiger partial charge on any atom is 0.227 e. The lowest BCUT2D eigenvalue weighted by molar-refractivity contribution is 0.406. The number of fused-ring (bicyclic) bond motifs is 1. The van der Waals surface area contributed by atoms with Gasteiger partial charge in [0.05, 0.1) is 12.6 Å². The Balaban J connectivity index is 1.45. The van der Waals surface area contributed by atoms with Crippen LogP contribution in [0.3, 0.4) is 0 Å². The summed E-state index contributed by atoms with van der Waals surface area (Å²) in [5.41, 5.74) is 4.57. The van der Waals surface area contributed by atoms with Gasteiger partial charge in [0.2, 0.25) is 5.95 Å². The SMILES string of the molecule is COc1ccc2cnc(Nc3ccc(N4CCCC4)cc3)nc2c1C1CCCC1. The molecule has 150 valence electrons. The van der Waals surface area contributed by atoms with Crippen molar-refractivity contribution in [1.82, 2.24) is 9.97 Å². The lowest BCUT2D eigenvalue weighted by Crippen LogP contribution is -2.17. The molecule has 1 N–H and O–H groups in total. The minimum Gasteiger partial charge on any atom is -0.496 e. The lowest BCUT2D eigenvalue weighted by atomic mass is 9.94. The van der Waals surface area contributed by atoms with Gasteiger partial charge in [-0.05, 0) is 68.0 Å². The van der Waals surface area contributed by atoms with Crippen LogP contribution in [0.15, 0.2) is 42.6 Å². The van der Waals surface area contributed by atoms with E-state index in [1.54, 1.807) is 7.11 Å². The number of hydrogen-bond acceptors (Lipinski definition) is 5. The number of benzene rings is 2. The average molecular weight is 389 g/mol. The van der Waals surface area contributed by atoms with E-state index < -0.39 is 0 Å². The van der Waals surface area contributed by atoms with E-state index in [2.05, 4.69) is 51.6 Å². The summed E-state index contributed by atoms with van der Waals surface area (Å²) < 4.78 is 5.70. The highest BCUT2D eigenvalue weighted by Crippen LogP contribution is 2.42. The van der Waals surface area contributed by atoms with Gasteiger partial charge in [-0.15, -0.1) is 0 Å². The summed E-state index contributed by atoms with van der Waals surface area (Å²) in [7, 11) is 1.75. The molecular weight excluding hydrogens is 360 g/mol. The molecule has 0 radical (unpaired) electrons. The number of ether oxygens (including phenoxy) is 1. The van der Waals surface area contributed by atoms with E-state index in [1.807, 2.05) is 6.20 Å². The fourth-order valence-corrected chi connectivity index (χ4v) is 4.81. The summed E-state index contributed by atoms with van der Waals surface area (Å²) >= 11 is 0. The second-order valence-electron chi connectivity index (χ2n) is 8.16. The first kappa shape index (κ1) is 18.2. The van der Waals surface area contributed by atoms with E-state index in [1.165, 1.54) is 49.8 Å². The van der Waals surface area contributed by atoms with Crippen molar-refractivity contribution in [3.05, 3.63) is 48.2 Å². The van der Waals surface area contributed by atoms with Gasteiger partial charge in [0.15, 0.2) is 0 Å². The molecule has 2 fully saturated rings. The third-order valence-electron chi connectivity index (χ3n) is 6.33. The molecule has 3 aromatic rings. The topological polar surface area (TPSA) is 50.3 Å². The minimum absolute atomic E-state index is 0.524. The molecule has 1 aliphatic heterocycles. The van der Waals surface area contributed by atoms with Crippen molar-refractivity contribution >= 4 is 28.2 Å². The lowest BCUT2D eigenvalue weighted by Gasteiger charge is -2.18. The van der Waals surface area contributed by atoms with Gasteiger partial charge in [0, 0.05) is 41.6 Å². The fourth-order valence-electron chi connectivity index (χ4n) is 4.81. The van der Waals surface area contributed by atoms with Crippen molar-refractivity contribution in [2.45, 2.75) is 44.4 Å². The van der Waals surface area contributed by atoms with Gasteiger partial charge in [0.25, 0.3) is 0 Å². The summed E-state index contributed by atoms with van der Waals surface area (Å²) in [5.74, 6) is 2.11. The molecule has 1 saturated heterocycles. The highest BCUT2D eigenvalue weighted by Gasteiger charge is 2.24. The number of rotatable bonds is 5. The maximum absolute atomic E-state index is 5.70. The molecule has 5 nitrogen and oxygen atoms in total. The largest absolute Gasteiger partial charge is 0.496 e. The fraction of sp³-hybridized carbons (Fsp3) is 0.417. The Labute approximate surface area is 172 Å². The molecule has 1 aliphatic carbocycles. The third kappa shape index (κ3) is 3.61. The first-order valence-corrected chi connectivity index (χ1v) is 10.8. The quantitative estimate of drug-likeness (QED) is 0.613. The van der Waals surface area contributed by atoms with Gasteiger partial charge in [-0.3, -0.25) is 0 Å². The Bertz CT molecular complexity index is 990. The van der Waals surface area contributed by atoms with Gasteiger partial charge >= 0.3 is 0 Å². The summed E-state index contributed by atoms with van der Waals surface area (Å²) in [6.07, 6.45) is 9.48. The smallest absolute Gasteiger partial charge is 0.227 e. The Morgan fingerprint density at radius 1 is 0.966 bits per heavy atom. The molecule has 2 aromatic carbocycles. The molecule has 0 unspecified atom stereocenters. The maximum atomic E-state index is 5.70. The third-order valence-corrected chi connectivity index (χ3v) is 6.33. The van der Waals surface area contributed by atoms with Gasteiger partial charge in [0.1, 0.15) is 5.75 Å². The molecule has 5 rings (SSSR count). The first-order valence-electron chi connectivity index (χ1n) is 10.8. The summed E-state index contributed by atoms with van der Waals surface area (Å²) in [4.78, 5) is 11.9. The van der Waals surface area contributed by atoms with Crippen molar-refractivity contribution in [3.63, 3.8) is 0 Å². The Hall–Kier alpha value is -2.82. The summed E-state index contributed by atoms with van der Waals surface area (Å²) in [5, 5.41) is 4.46. The van der Waals surface area contributed by atoms with Crippen molar-refractivity contribution in [2.24, 2.45) is 0 Å². The Morgan fingerprint density at radius 2 is 1.72 bits per heavy atom. The molecule has 2 aliphatic rings. The zero-order valence-corrected chi connectivity index (χ0v) is 17.0. The number of anilines is 3. The van der Waals surface area contributed by atoms with Gasteiger partial charge in [-0.1, -0.05) is 12.8 Å². The summed E-state index contributed by atoms with van der Waals surface area (Å²) in [6, 6.07) is 12.7. The van der Waals surface area contributed by atoms with Crippen LogP contribution in [0.4, 0.5) is 17.3 Å². The van der Waals surface area contributed by atoms with Crippen LogP contribution in [0.5, 0.6) is 5.75 Å². The number of nitrogens with one attached hydrogen (secondary N) is 1. The standard InChI is InChI=1S/C24H28N4O/c1-29-21-13-8-18-16-25-24(27-23(18)22(21)17-6-2-3-7-17)26-19-9-11-20(12-10-19)28-14-4-5-15-28/h8-13,16-17H,2-7,14-15H2,1H3,(H,25,26,27). The van der Waals surface area contributed by atoms with Crippen LogP contribution in [0.1, 0.15) is 50.0 Å². The van der Waals surface area contributed by atoms with Crippen LogP contribution >= 0.6 is 0 Å². The van der Waals surface area contributed by atoms with Gasteiger partial charge < -0.3 is 15.0 Å².